The number of nitrogens with one attached hydrogen (secondary N) is 19. The summed E-state index contributed by atoms with van der Waals surface area (Å²) >= 11 is 0. The lowest BCUT2D eigenvalue weighted by Crippen LogP contribution is -2.67. The summed E-state index contributed by atoms with van der Waals surface area (Å²) in [6.45, 7) is 34.9. The molecule has 12 atom stereocenters. The summed E-state index contributed by atoms with van der Waals surface area (Å²) in [5.74, 6) is -22.0. The lowest BCUT2D eigenvalue weighted by Gasteiger charge is -2.36. The number of primary amides is 2. The zero-order chi connectivity index (χ0) is 106. The standard InChI is InChI=1S/C91H150N22O25/c1-27-91(26,82(137)102-56(37-40-63(119)120)70(125)101-55(35-38-60(92)116)69(124)98-54(45-114)43-53-32-29-28-30-33-53)112-81(136)89(22,23)111-74(129)64(47(4)5)103-73(128)59-34-31-41-113(59)83(138)90(24,25)109-72(127)58(42-46(2)3)99-62(118)44-94-76(131)84(12,13)110-75(130)65(48(6)7)104-80(135)88(20,21)108-71(126)57(36-39-61(93)117)100-66(121)49(8)95-78(133)86(16,17)106-68(123)51(10)97-79(134)87(18,19)107-67(122)50(9)96-77(132)85(14,15)105-52(11)115/h28-30,32-33,46-51,54-59,64-65,114H,27,31,34-45H2,1-26H3,(H2,92,116)(H2,93,117)(H,94,131)(H,95,133)(H,96,132)(H,97,134)(H,98,124)(H,99,118)(H,100,121)(H,101,125)(H,102,137)(H,103,128)(H,104,135)(H,105,115)(H,106,123)(H,107,122)(H,108,126)(H,109,127)(H,110,130)(H,111,129)(H,112,136)(H,119,120)/t49-,50+,51-,54-,55+,56+,57-,58+,59+,64-,65-,91-/m0/s1. The highest BCUT2D eigenvalue weighted by atomic mass is 16.4. The molecule has 0 radical (unpaired) electrons. The molecule has 0 bridgehead atoms. The van der Waals surface area contributed by atoms with Crippen LogP contribution in [0.25, 0.3) is 0 Å². The maximum absolute atomic E-state index is 14.6. The van der Waals surface area contributed by atoms with Gasteiger partial charge in [-0.1, -0.05) is 78.8 Å². The number of hydrogen-bond acceptors (Lipinski definition) is 24. The van der Waals surface area contributed by atoms with E-state index in [1.807, 2.05) is 0 Å². The van der Waals surface area contributed by atoms with Crippen molar-refractivity contribution in [2.75, 3.05) is 19.7 Å². The topological polar surface area (TPSA) is 717 Å². The lowest BCUT2D eigenvalue weighted by molar-refractivity contribution is -0.146. The van der Waals surface area contributed by atoms with E-state index in [9.17, 15) is 120 Å². The molecule has 138 heavy (non-hydrogen) atoms. The number of aliphatic carboxylic acids is 1. The molecule has 1 aliphatic heterocycles. The monoisotopic (exact) mass is 1950 g/mol. The number of hydrogen-bond donors (Lipinski definition) is 23. The van der Waals surface area contributed by atoms with E-state index < -0.39 is 297 Å². The Morgan fingerprint density at radius 1 is 0.406 bits per heavy atom. The Balaban J connectivity index is 2.18. The van der Waals surface area contributed by atoms with Crippen molar-refractivity contribution in [3.63, 3.8) is 0 Å². The number of amides is 22. The molecule has 1 fully saturated rings. The minimum Gasteiger partial charge on any atom is -0.481 e. The van der Waals surface area contributed by atoms with Gasteiger partial charge >= 0.3 is 5.97 Å². The summed E-state index contributed by atoms with van der Waals surface area (Å²) < 4.78 is 0. The highest BCUT2D eigenvalue weighted by Gasteiger charge is 2.48. The summed E-state index contributed by atoms with van der Waals surface area (Å²) in [6.07, 6.45) is -2.35. The Hall–Kier alpha value is -13.0. The molecule has 2 rings (SSSR count). The quantitative estimate of drug-likeness (QED) is 0.0293. The fourth-order valence-electron chi connectivity index (χ4n) is 13.8. The van der Waals surface area contributed by atoms with Crippen molar-refractivity contribution >= 4 is 136 Å². The highest BCUT2D eigenvalue weighted by molar-refractivity contribution is 6.05. The van der Waals surface area contributed by atoms with Crippen molar-refractivity contribution in [2.24, 2.45) is 29.2 Å². The Morgan fingerprint density at radius 3 is 1.23 bits per heavy atom. The molecular weight excluding hydrogens is 1800 g/mol. The van der Waals surface area contributed by atoms with Crippen LogP contribution >= 0.6 is 0 Å². The van der Waals surface area contributed by atoms with Gasteiger partial charge in [0.05, 0.1) is 19.2 Å². The number of nitrogens with zero attached hydrogens (tertiary/aromatic N) is 1. The second-order valence-electron chi connectivity index (χ2n) is 39.9. The summed E-state index contributed by atoms with van der Waals surface area (Å²) in [5.41, 5.74) is -2.54. The number of benzene rings is 1. The van der Waals surface area contributed by atoms with Crippen molar-refractivity contribution in [2.45, 2.75) is 361 Å². The largest absolute Gasteiger partial charge is 0.481 e. The van der Waals surface area contributed by atoms with Gasteiger partial charge in [-0.2, -0.15) is 0 Å². The fraction of sp³-hybridized carbons (Fsp3) is 0.681. The first-order valence-electron chi connectivity index (χ1n) is 45.9. The molecule has 0 aromatic heterocycles. The van der Waals surface area contributed by atoms with E-state index in [2.05, 4.69) is 101 Å². The van der Waals surface area contributed by atoms with Gasteiger partial charge < -0.3 is 128 Å². The molecule has 1 heterocycles. The Kier molecular flexibility index (Phi) is 45.6. The summed E-state index contributed by atoms with van der Waals surface area (Å²) in [5, 5.41) is 67.8. The molecular formula is C91H150N22O25. The molecule has 22 amide bonds. The zero-order valence-electron chi connectivity index (χ0n) is 84.3. The van der Waals surface area contributed by atoms with E-state index in [-0.39, 0.29) is 51.0 Å². The highest BCUT2D eigenvalue weighted by Crippen LogP contribution is 2.25. The average Bonchev–Trinajstić information content (AvgIpc) is 1.59. The average molecular weight is 1950 g/mol. The second-order valence-corrected chi connectivity index (χ2v) is 39.9. The molecule has 47 nitrogen and oxygen atoms in total. The molecule has 1 aliphatic rings. The van der Waals surface area contributed by atoms with Crippen LogP contribution in [0.4, 0.5) is 0 Å². The summed E-state index contributed by atoms with van der Waals surface area (Å²) in [7, 11) is 0. The van der Waals surface area contributed by atoms with Gasteiger partial charge in [0, 0.05) is 32.7 Å². The van der Waals surface area contributed by atoms with Crippen LogP contribution in [0.15, 0.2) is 30.3 Å². The maximum atomic E-state index is 14.6. The number of carboxylic acid groups (broad SMARTS) is 1. The van der Waals surface area contributed by atoms with Crippen molar-refractivity contribution in [1.82, 2.24) is 106 Å². The smallest absolute Gasteiger partial charge is 0.303 e. The summed E-state index contributed by atoms with van der Waals surface area (Å²) in [6, 6.07) is -6.04. The van der Waals surface area contributed by atoms with Crippen molar-refractivity contribution in [3.8, 4) is 0 Å². The third kappa shape index (κ3) is 38.5. The van der Waals surface area contributed by atoms with Gasteiger partial charge in [0.15, 0.2) is 0 Å². The van der Waals surface area contributed by atoms with Crippen LogP contribution in [0, 0.1) is 17.8 Å². The van der Waals surface area contributed by atoms with Gasteiger partial charge in [-0.3, -0.25) is 110 Å². The van der Waals surface area contributed by atoms with Gasteiger partial charge in [-0.15, -0.1) is 0 Å². The molecule has 25 N–H and O–H groups in total. The lowest BCUT2D eigenvalue weighted by atomic mass is 9.93. The Bertz CT molecular complexity index is 4630. The summed E-state index contributed by atoms with van der Waals surface area (Å²) in [4.78, 5) is 312. The van der Waals surface area contributed by atoms with Gasteiger partial charge in [-0.25, -0.2) is 0 Å². The number of carbonyl (C=O) groups is 23. The number of carbonyl (C=O) groups excluding carboxylic acids is 22. The van der Waals surface area contributed by atoms with E-state index in [4.69, 9.17) is 11.5 Å². The predicted molar refractivity (Wildman–Crippen MR) is 502 cm³/mol. The molecule has 0 spiro atoms. The molecule has 0 aliphatic carbocycles. The van der Waals surface area contributed by atoms with E-state index in [0.717, 1.165) is 5.56 Å². The molecule has 1 aromatic carbocycles. The Morgan fingerprint density at radius 2 is 0.790 bits per heavy atom. The number of nitrogens with two attached hydrogens (primary N) is 2. The SMILES string of the molecule is CC[C@](C)(NC(=O)C(C)(C)NC(=O)[C@@H](NC(=O)[C@H]1CCCN1C(=O)C(C)(C)NC(=O)[C@@H](CC(C)C)NC(=O)CNC(=O)C(C)(C)NC(=O)[C@@H](NC(=O)C(C)(C)NC(=O)[C@H](CCC(N)=O)NC(=O)[C@H](C)NC(=O)C(C)(C)NC(=O)[C@H](C)NC(=O)C(C)(C)NC(=O)[C@@H](C)NC(=O)C(C)(C)NC(C)=O)C(C)C)C(C)C)C(=O)N[C@H](CCC(=O)O)C(=O)N[C@H](CCC(N)=O)C(=O)N[C@H](CO)Cc1ccccc1. The number of likely N-dealkylation sites (tertiary alicyclic amines) is 1. The molecule has 0 saturated carbocycles. The van der Waals surface area contributed by atoms with E-state index in [1.54, 1.807) is 71.9 Å². The maximum Gasteiger partial charge on any atom is 0.303 e. The van der Waals surface area contributed by atoms with Crippen LogP contribution in [0.1, 0.15) is 250 Å². The number of carboxylic acids is 1. The van der Waals surface area contributed by atoms with Crippen molar-refractivity contribution < 1.29 is 120 Å². The first-order chi connectivity index (χ1) is 63.2. The van der Waals surface area contributed by atoms with Gasteiger partial charge in [-0.05, 0) is 199 Å². The van der Waals surface area contributed by atoms with Crippen molar-refractivity contribution in [3.05, 3.63) is 35.9 Å². The first-order valence-corrected chi connectivity index (χ1v) is 45.9. The Labute approximate surface area is 805 Å². The van der Waals surface area contributed by atoms with Gasteiger partial charge in [0.25, 0.3) is 0 Å². The fourth-order valence-corrected chi connectivity index (χ4v) is 13.8. The van der Waals surface area contributed by atoms with Gasteiger partial charge in [0.1, 0.15) is 105 Å². The molecule has 1 saturated heterocycles. The third-order valence-corrected chi connectivity index (χ3v) is 22.7. The van der Waals surface area contributed by atoms with Crippen molar-refractivity contribution in [1.29, 1.82) is 0 Å². The van der Waals surface area contributed by atoms with Crippen LogP contribution in [0.2, 0.25) is 0 Å². The van der Waals surface area contributed by atoms with E-state index >= 15 is 0 Å². The molecule has 47 heteroatoms. The number of aliphatic hydroxyl groups is 1. The molecule has 1 aromatic rings. The van der Waals surface area contributed by atoms with Crippen LogP contribution in [0.3, 0.4) is 0 Å². The molecule has 0 unspecified atom stereocenters. The van der Waals surface area contributed by atoms with Crippen LogP contribution in [-0.4, -0.2) is 282 Å². The third-order valence-electron chi connectivity index (χ3n) is 22.7. The minimum absolute atomic E-state index is 0.00295. The van der Waals surface area contributed by atoms with Crippen LogP contribution in [-0.2, 0) is 117 Å². The predicted octanol–water partition coefficient (Wildman–Crippen LogP) is -4.44. The minimum atomic E-state index is -1.91. The number of rotatable bonds is 55. The normalized spacial score (nSPS) is 15.6. The van der Waals surface area contributed by atoms with E-state index in [0.29, 0.717) is 6.42 Å². The van der Waals surface area contributed by atoms with Crippen LogP contribution in [0.5, 0.6) is 0 Å². The molecule has 774 valence electrons. The van der Waals surface area contributed by atoms with Gasteiger partial charge in [0.2, 0.25) is 130 Å². The first kappa shape index (κ1) is 121. The van der Waals surface area contributed by atoms with Crippen LogP contribution < -0.4 is 112 Å². The number of aliphatic hydroxyl groups excluding tert-OH is 1. The second kappa shape index (κ2) is 52.0. The zero-order valence-corrected chi connectivity index (χ0v) is 84.3. The van der Waals surface area contributed by atoms with E-state index in [1.165, 1.54) is 143 Å².